The average Bonchev–Trinajstić information content (AvgIpc) is 2.38. The first-order valence-corrected chi connectivity index (χ1v) is 6.25. The van der Waals surface area contributed by atoms with Crippen LogP contribution in [0.1, 0.15) is 12.5 Å². The third kappa shape index (κ3) is 3.31. The minimum absolute atomic E-state index is 0.0138. The van der Waals surface area contributed by atoms with Gasteiger partial charge in [-0.1, -0.05) is 0 Å². The number of anilines is 2. The van der Waals surface area contributed by atoms with Crippen molar-refractivity contribution in [2.75, 3.05) is 36.4 Å². The monoisotopic (exact) mass is 288 g/mol. The van der Waals surface area contributed by atoms with Gasteiger partial charge in [-0.25, -0.2) is 4.98 Å². The summed E-state index contributed by atoms with van der Waals surface area (Å²) >= 11 is 0. The molecule has 0 aliphatic carbocycles. The van der Waals surface area contributed by atoms with Crippen molar-refractivity contribution in [3.63, 3.8) is 0 Å². The number of alkyl halides is 3. The van der Waals surface area contributed by atoms with Crippen LogP contribution in [-0.4, -0.2) is 37.1 Å². The molecule has 1 saturated heterocycles. The SMILES string of the molecule is CCNc1cc(C(F)(F)F)cc(N2CCNC(=O)C2)n1. The van der Waals surface area contributed by atoms with Gasteiger partial charge in [-0.05, 0) is 19.1 Å². The van der Waals surface area contributed by atoms with Crippen LogP contribution in [0.4, 0.5) is 24.8 Å². The van der Waals surface area contributed by atoms with E-state index >= 15 is 0 Å². The highest BCUT2D eigenvalue weighted by molar-refractivity contribution is 5.82. The van der Waals surface area contributed by atoms with Crippen LogP contribution in [0.25, 0.3) is 0 Å². The third-order valence-corrected chi connectivity index (χ3v) is 2.86. The Bertz CT molecular complexity index is 504. The van der Waals surface area contributed by atoms with Gasteiger partial charge in [0.25, 0.3) is 0 Å². The zero-order chi connectivity index (χ0) is 14.8. The van der Waals surface area contributed by atoms with Crippen molar-refractivity contribution in [3.8, 4) is 0 Å². The summed E-state index contributed by atoms with van der Waals surface area (Å²) < 4.78 is 38.6. The number of hydrogen-bond donors (Lipinski definition) is 2. The molecule has 8 heteroatoms. The highest BCUT2D eigenvalue weighted by Gasteiger charge is 2.32. The van der Waals surface area contributed by atoms with Crippen molar-refractivity contribution in [1.29, 1.82) is 0 Å². The molecule has 110 valence electrons. The zero-order valence-electron chi connectivity index (χ0n) is 10.9. The summed E-state index contributed by atoms with van der Waals surface area (Å²) in [5.74, 6) is 0.0920. The molecular weight excluding hydrogens is 273 g/mol. The molecule has 1 amide bonds. The number of pyridine rings is 1. The molecule has 20 heavy (non-hydrogen) atoms. The van der Waals surface area contributed by atoms with Crippen molar-refractivity contribution < 1.29 is 18.0 Å². The van der Waals surface area contributed by atoms with Gasteiger partial charge in [0.15, 0.2) is 0 Å². The molecule has 2 rings (SSSR count). The van der Waals surface area contributed by atoms with Gasteiger partial charge in [0.2, 0.25) is 5.91 Å². The summed E-state index contributed by atoms with van der Waals surface area (Å²) in [5.41, 5.74) is -0.774. The molecular formula is C12H15F3N4O. The summed E-state index contributed by atoms with van der Waals surface area (Å²) in [5, 5.41) is 5.39. The maximum absolute atomic E-state index is 12.9. The van der Waals surface area contributed by atoms with Crippen LogP contribution in [0.3, 0.4) is 0 Å². The molecule has 0 unspecified atom stereocenters. The molecule has 2 N–H and O–H groups in total. The van der Waals surface area contributed by atoms with Gasteiger partial charge in [-0.15, -0.1) is 0 Å². The second kappa shape index (κ2) is 5.56. The van der Waals surface area contributed by atoms with Gasteiger partial charge in [0, 0.05) is 19.6 Å². The van der Waals surface area contributed by atoms with Crippen LogP contribution in [0, 0.1) is 0 Å². The second-order valence-electron chi connectivity index (χ2n) is 4.40. The highest BCUT2D eigenvalue weighted by atomic mass is 19.4. The first kappa shape index (κ1) is 14.4. The van der Waals surface area contributed by atoms with Gasteiger partial charge in [0.05, 0.1) is 12.1 Å². The first-order chi connectivity index (χ1) is 9.40. The molecule has 5 nitrogen and oxygen atoms in total. The van der Waals surface area contributed by atoms with Gasteiger partial charge in [0.1, 0.15) is 11.6 Å². The standard InChI is InChI=1S/C12H15F3N4O/c1-2-16-9-5-8(12(13,14)15)6-10(18-9)19-4-3-17-11(20)7-19/h5-6H,2-4,7H2,1H3,(H,16,18)(H,17,20). The van der Waals surface area contributed by atoms with E-state index in [0.29, 0.717) is 19.6 Å². The van der Waals surface area contributed by atoms with Gasteiger partial charge in [-0.2, -0.15) is 13.2 Å². The molecule has 1 aliphatic heterocycles. The molecule has 1 aliphatic rings. The molecule has 1 fully saturated rings. The Morgan fingerprint density at radius 1 is 1.45 bits per heavy atom. The highest BCUT2D eigenvalue weighted by Crippen LogP contribution is 2.33. The molecule has 0 saturated carbocycles. The fourth-order valence-electron chi connectivity index (χ4n) is 1.95. The third-order valence-electron chi connectivity index (χ3n) is 2.86. The van der Waals surface area contributed by atoms with E-state index in [4.69, 9.17) is 0 Å². The number of rotatable bonds is 3. The lowest BCUT2D eigenvalue weighted by molar-refractivity contribution is -0.137. The van der Waals surface area contributed by atoms with E-state index in [1.165, 1.54) is 4.90 Å². The fraction of sp³-hybridized carbons (Fsp3) is 0.500. The lowest BCUT2D eigenvalue weighted by Gasteiger charge is -2.28. The van der Waals surface area contributed by atoms with E-state index < -0.39 is 11.7 Å². The maximum atomic E-state index is 12.9. The summed E-state index contributed by atoms with van der Waals surface area (Å²) in [6.45, 7) is 3.09. The van der Waals surface area contributed by atoms with E-state index in [1.807, 2.05) is 0 Å². The molecule has 1 aromatic rings. The number of nitrogens with one attached hydrogen (secondary N) is 2. The van der Waals surface area contributed by atoms with Crippen LogP contribution in [-0.2, 0) is 11.0 Å². The second-order valence-corrected chi connectivity index (χ2v) is 4.40. The fourth-order valence-corrected chi connectivity index (χ4v) is 1.95. The predicted molar refractivity (Wildman–Crippen MR) is 68.6 cm³/mol. The minimum atomic E-state index is -4.44. The predicted octanol–water partition coefficient (Wildman–Crippen LogP) is 1.47. The molecule has 0 bridgehead atoms. The summed E-state index contributed by atoms with van der Waals surface area (Å²) in [7, 11) is 0. The van der Waals surface area contributed by atoms with Gasteiger partial charge >= 0.3 is 6.18 Å². The van der Waals surface area contributed by atoms with E-state index in [0.717, 1.165) is 12.1 Å². The normalized spacial score (nSPS) is 16.0. The summed E-state index contributed by atoms with van der Waals surface area (Å²) in [4.78, 5) is 17.0. The number of carbonyl (C=O) groups is 1. The van der Waals surface area contributed by atoms with Crippen molar-refractivity contribution in [2.45, 2.75) is 13.1 Å². The molecule has 0 atom stereocenters. The Hall–Kier alpha value is -1.99. The van der Waals surface area contributed by atoms with Crippen molar-refractivity contribution >= 4 is 17.5 Å². The van der Waals surface area contributed by atoms with Gasteiger partial charge in [-0.3, -0.25) is 4.79 Å². The Labute approximate surface area is 114 Å². The van der Waals surface area contributed by atoms with E-state index in [2.05, 4.69) is 15.6 Å². The van der Waals surface area contributed by atoms with E-state index in [-0.39, 0.29) is 24.1 Å². The van der Waals surface area contributed by atoms with Gasteiger partial charge < -0.3 is 15.5 Å². The van der Waals surface area contributed by atoms with Crippen molar-refractivity contribution in [2.24, 2.45) is 0 Å². The zero-order valence-corrected chi connectivity index (χ0v) is 10.9. The minimum Gasteiger partial charge on any atom is -0.370 e. The molecule has 0 radical (unpaired) electrons. The average molecular weight is 288 g/mol. The summed E-state index contributed by atoms with van der Waals surface area (Å²) in [6, 6.07) is 1.94. The van der Waals surface area contributed by atoms with Crippen LogP contribution < -0.4 is 15.5 Å². The Morgan fingerprint density at radius 3 is 2.80 bits per heavy atom. The molecule has 2 heterocycles. The smallest absolute Gasteiger partial charge is 0.370 e. The molecule has 0 spiro atoms. The molecule has 1 aromatic heterocycles. The van der Waals surface area contributed by atoms with E-state index in [9.17, 15) is 18.0 Å². The number of piperazine rings is 1. The van der Waals surface area contributed by atoms with Crippen LogP contribution in [0.2, 0.25) is 0 Å². The van der Waals surface area contributed by atoms with Crippen molar-refractivity contribution in [1.82, 2.24) is 10.3 Å². The lowest BCUT2D eigenvalue weighted by atomic mass is 10.2. The Balaban J connectivity index is 2.35. The van der Waals surface area contributed by atoms with E-state index in [1.54, 1.807) is 6.92 Å². The maximum Gasteiger partial charge on any atom is 0.416 e. The Kier molecular flexibility index (Phi) is 4.01. The van der Waals surface area contributed by atoms with Crippen molar-refractivity contribution in [3.05, 3.63) is 17.7 Å². The molecule has 0 aromatic carbocycles. The number of halogens is 3. The summed E-state index contributed by atoms with van der Waals surface area (Å²) in [6.07, 6.45) is -4.44. The number of aromatic nitrogens is 1. The topological polar surface area (TPSA) is 57.3 Å². The number of amides is 1. The number of nitrogens with zero attached hydrogens (tertiary/aromatic N) is 2. The quantitative estimate of drug-likeness (QED) is 0.884. The van der Waals surface area contributed by atoms with Crippen LogP contribution >= 0.6 is 0 Å². The number of carbonyl (C=O) groups excluding carboxylic acids is 1. The lowest BCUT2D eigenvalue weighted by Crippen LogP contribution is -2.48. The first-order valence-electron chi connectivity index (χ1n) is 6.25. The largest absolute Gasteiger partial charge is 0.416 e. The van der Waals surface area contributed by atoms with Crippen LogP contribution in [0.5, 0.6) is 0 Å². The number of hydrogen-bond acceptors (Lipinski definition) is 4. The Morgan fingerprint density at radius 2 is 2.20 bits per heavy atom. The van der Waals surface area contributed by atoms with Crippen LogP contribution in [0.15, 0.2) is 12.1 Å².